The minimum atomic E-state index is -0.165. The molecule has 1 saturated heterocycles. The van der Waals surface area contributed by atoms with Gasteiger partial charge in [0.05, 0.1) is 16.8 Å². The average molecular weight is 388 g/mol. The number of rotatable bonds is 8. The van der Waals surface area contributed by atoms with Gasteiger partial charge >= 0.3 is 0 Å². The minimum Gasteiger partial charge on any atom is -0.355 e. The molecule has 27 heavy (non-hydrogen) atoms. The van der Waals surface area contributed by atoms with Crippen LogP contribution in [-0.2, 0) is 16.1 Å². The number of hydrogen-bond donors (Lipinski definition) is 1. The summed E-state index contributed by atoms with van der Waals surface area (Å²) in [6, 6.07) is 7.50. The Morgan fingerprint density at radius 2 is 2.11 bits per heavy atom. The van der Waals surface area contributed by atoms with Gasteiger partial charge in [0.25, 0.3) is 5.56 Å². The summed E-state index contributed by atoms with van der Waals surface area (Å²) < 4.78 is 1.68. The van der Waals surface area contributed by atoms with E-state index in [4.69, 9.17) is 0 Å². The van der Waals surface area contributed by atoms with E-state index in [9.17, 15) is 14.4 Å². The van der Waals surface area contributed by atoms with Crippen LogP contribution in [0.3, 0.4) is 0 Å². The summed E-state index contributed by atoms with van der Waals surface area (Å²) in [6.45, 7) is 4.49. The zero-order valence-electron chi connectivity index (χ0n) is 15.4. The highest BCUT2D eigenvalue weighted by Gasteiger charge is 2.19. The van der Waals surface area contributed by atoms with Gasteiger partial charge in [0.1, 0.15) is 0 Å². The number of carbonyl (C=O) groups excluding carboxylic acids is 2. The molecule has 1 fully saturated rings. The molecule has 0 aliphatic carbocycles. The predicted octanol–water partition coefficient (Wildman–Crippen LogP) is 1.64. The number of aryl methyl sites for hydroxylation is 1. The number of hydrogen-bond acceptors (Lipinski definition) is 5. The standard InChI is InChI=1S/C19H24N4O3S/c1-2-23-15-8-4-3-7-14(15)21-18(19(23)26)27-13-16(24)20-10-6-12-22-11-5-9-17(22)25/h3-4,7-8H,2,5-6,9-13H2,1H3,(H,20,24). The van der Waals surface area contributed by atoms with Crippen LogP contribution in [0.2, 0.25) is 0 Å². The van der Waals surface area contributed by atoms with Gasteiger partial charge < -0.3 is 14.8 Å². The lowest BCUT2D eigenvalue weighted by molar-refractivity contribution is -0.127. The van der Waals surface area contributed by atoms with Crippen LogP contribution >= 0.6 is 11.8 Å². The van der Waals surface area contributed by atoms with Crippen LogP contribution in [-0.4, -0.2) is 51.7 Å². The number of carbonyl (C=O) groups is 2. The molecule has 1 aromatic carbocycles. The van der Waals surface area contributed by atoms with Crippen molar-refractivity contribution in [2.24, 2.45) is 0 Å². The molecular formula is C19H24N4O3S. The summed E-state index contributed by atoms with van der Waals surface area (Å²) in [6.07, 6.45) is 2.30. The number of para-hydroxylation sites is 2. The quantitative estimate of drug-likeness (QED) is 0.549. The predicted molar refractivity (Wildman–Crippen MR) is 106 cm³/mol. The fourth-order valence-corrected chi connectivity index (χ4v) is 3.97. The van der Waals surface area contributed by atoms with Crippen molar-refractivity contribution in [2.75, 3.05) is 25.4 Å². The Kier molecular flexibility index (Phi) is 6.49. The summed E-state index contributed by atoms with van der Waals surface area (Å²) in [5.41, 5.74) is 1.38. The van der Waals surface area contributed by atoms with Crippen LogP contribution in [0.4, 0.5) is 0 Å². The number of amides is 2. The Labute approximate surface area is 162 Å². The maximum Gasteiger partial charge on any atom is 0.283 e. The topological polar surface area (TPSA) is 84.3 Å². The lowest BCUT2D eigenvalue weighted by Crippen LogP contribution is -2.31. The van der Waals surface area contributed by atoms with Gasteiger partial charge in [0.2, 0.25) is 11.8 Å². The van der Waals surface area contributed by atoms with Crippen LogP contribution < -0.4 is 10.9 Å². The van der Waals surface area contributed by atoms with E-state index in [1.165, 1.54) is 0 Å². The molecule has 2 heterocycles. The van der Waals surface area contributed by atoms with Gasteiger partial charge in [-0.25, -0.2) is 4.98 Å². The fourth-order valence-electron chi connectivity index (χ4n) is 3.20. The van der Waals surface area contributed by atoms with Crippen molar-refractivity contribution in [1.82, 2.24) is 19.8 Å². The molecule has 8 heteroatoms. The average Bonchev–Trinajstić information content (AvgIpc) is 3.08. The normalized spacial score (nSPS) is 14.1. The van der Waals surface area contributed by atoms with Gasteiger partial charge in [-0.1, -0.05) is 23.9 Å². The summed E-state index contributed by atoms with van der Waals surface area (Å²) >= 11 is 1.16. The van der Waals surface area contributed by atoms with Crippen molar-refractivity contribution in [2.45, 2.75) is 37.8 Å². The van der Waals surface area contributed by atoms with Crippen molar-refractivity contribution >= 4 is 34.6 Å². The van der Waals surface area contributed by atoms with Crippen LogP contribution in [0, 0.1) is 0 Å². The first-order valence-electron chi connectivity index (χ1n) is 9.27. The van der Waals surface area contributed by atoms with Crippen LogP contribution in [0.25, 0.3) is 11.0 Å². The number of likely N-dealkylation sites (tertiary alicyclic amines) is 1. The number of benzene rings is 1. The molecular weight excluding hydrogens is 364 g/mol. The molecule has 1 aliphatic heterocycles. The molecule has 1 N–H and O–H groups in total. The van der Waals surface area contributed by atoms with Crippen molar-refractivity contribution < 1.29 is 9.59 Å². The Hall–Kier alpha value is -2.35. The third kappa shape index (κ3) is 4.68. The second-order valence-electron chi connectivity index (χ2n) is 6.43. The van der Waals surface area contributed by atoms with Gasteiger partial charge in [0, 0.05) is 32.6 Å². The van der Waals surface area contributed by atoms with Crippen molar-refractivity contribution in [3.8, 4) is 0 Å². The largest absolute Gasteiger partial charge is 0.355 e. The molecule has 2 amide bonds. The van der Waals surface area contributed by atoms with Gasteiger partial charge in [-0.15, -0.1) is 0 Å². The molecule has 1 aliphatic rings. The van der Waals surface area contributed by atoms with E-state index in [0.717, 1.165) is 42.2 Å². The highest BCUT2D eigenvalue weighted by Crippen LogP contribution is 2.16. The Morgan fingerprint density at radius 3 is 2.85 bits per heavy atom. The number of nitrogens with zero attached hydrogens (tertiary/aromatic N) is 3. The lowest BCUT2D eigenvalue weighted by atomic mass is 10.3. The molecule has 0 saturated carbocycles. The highest BCUT2D eigenvalue weighted by molar-refractivity contribution is 7.99. The highest BCUT2D eigenvalue weighted by atomic mass is 32.2. The third-order valence-corrected chi connectivity index (χ3v) is 5.52. The summed E-state index contributed by atoms with van der Waals surface area (Å²) in [4.78, 5) is 42.4. The summed E-state index contributed by atoms with van der Waals surface area (Å²) in [5.74, 6) is 0.212. The first kappa shape index (κ1) is 19.4. The zero-order chi connectivity index (χ0) is 19.2. The van der Waals surface area contributed by atoms with Crippen molar-refractivity contribution in [1.29, 1.82) is 0 Å². The Morgan fingerprint density at radius 1 is 1.30 bits per heavy atom. The van der Waals surface area contributed by atoms with Crippen molar-refractivity contribution in [3.63, 3.8) is 0 Å². The third-order valence-electron chi connectivity index (χ3n) is 4.58. The maximum atomic E-state index is 12.6. The SMILES string of the molecule is CCn1c(=O)c(SCC(=O)NCCCN2CCCC2=O)nc2ccccc21. The minimum absolute atomic E-state index is 0.134. The molecule has 0 bridgehead atoms. The monoisotopic (exact) mass is 388 g/mol. The summed E-state index contributed by atoms with van der Waals surface area (Å²) in [5, 5.41) is 3.18. The van der Waals surface area contributed by atoms with E-state index in [1.54, 1.807) is 4.57 Å². The molecule has 0 radical (unpaired) electrons. The van der Waals surface area contributed by atoms with E-state index in [1.807, 2.05) is 36.1 Å². The van der Waals surface area contributed by atoms with Gasteiger partial charge in [0.15, 0.2) is 5.03 Å². The van der Waals surface area contributed by atoms with Crippen LogP contribution in [0.15, 0.2) is 34.1 Å². The first-order valence-corrected chi connectivity index (χ1v) is 10.3. The number of aromatic nitrogens is 2. The molecule has 0 spiro atoms. The molecule has 7 nitrogen and oxygen atoms in total. The maximum absolute atomic E-state index is 12.6. The molecule has 144 valence electrons. The van der Waals surface area contributed by atoms with Crippen molar-refractivity contribution in [3.05, 3.63) is 34.6 Å². The van der Waals surface area contributed by atoms with E-state index in [-0.39, 0.29) is 23.1 Å². The van der Waals surface area contributed by atoms with Crippen LogP contribution in [0.1, 0.15) is 26.2 Å². The second kappa shape index (κ2) is 9.03. The Balaban J connectivity index is 1.52. The van der Waals surface area contributed by atoms with E-state index < -0.39 is 0 Å². The Bertz CT molecular complexity index is 896. The number of fused-ring (bicyclic) bond motifs is 1. The van der Waals surface area contributed by atoms with Gasteiger partial charge in [-0.2, -0.15) is 0 Å². The molecule has 0 unspecified atom stereocenters. The van der Waals surface area contributed by atoms with E-state index in [0.29, 0.717) is 31.1 Å². The van der Waals surface area contributed by atoms with Crippen LogP contribution in [0.5, 0.6) is 0 Å². The molecule has 2 aromatic rings. The first-order chi connectivity index (χ1) is 13.1. The zero-order valence-corrected chi connectivity index (χ0v) is 16.3. The number of thioether (sulfide) groups is 1. The molecule has 0 atom stereocenters. The second-order valence-corrected chi connectivity index (χ2v) is 7.40. The molecule has 1 aromatic heterocycles. The van der Waals surface area contributed by atoms with E-state index >= 15 is 0 Å². The number of nitrogens with one attached hydrogen (secondary N) is 1. The van der Waals surface area contributed by atoms with Gasteiger partial charge in [-0.05, 0) is 31.9 Å². The van der Waals surface area contributed by atoms with Gasteiger partial charge in [-0.3, -0.25) is 14.4 Å². The lowest BCUT2D eigenvalue weighted by Gasteiger charge is -2.15. The van der Waals surface area contributed by atoms with E-state index in [2.05, 4.69) is 10.3 Å². The smallest absolute Gasteiger partial charge is 0.283 e. The fraction of sp³-hybridized carbons (Fsp3) is 0.474. The summed E-state index contributed by atoms with van der Waals surface area (Å²) in [7, 11) is 0. The molecule has 3 rings (SSSR count).